The van der Waals surface area contributed by atoms with E-state index in [1.165, 1.54) is 30.3 Å². The fourth-order valence-electron chi connectivity index (χ4n) is 5.28. The number of hydrogen-bond acceptors (Lipinski definition) is 19. The Morgan fingerprint density at radius 1 is 0.542 bits per heavy atom. The fourth-order valence-corrected chi connectivity index (χ4v) is 5.98. The molecule has 296 valence electrons. The van der Waals surface area contributed by atoms with Crippen LogP contribution in [0.2, 0.25) is 0 Å². The van der Waals surface area contributed by atoms with E-state index >= 15 is 0 Å². The van der Waals surface area contributed by atoms with Gasteiger partial charge in [0.2, 0.25) is 11.5 Å². The number of nitrogens with zero attached hydrogens (tertiary/aromatic N) is 8. The third-order valence-corrected chi connectivity index (χ3v) is 8.75. The maximum absolute atomic E-state index is 11.5. The summed E-state index contributed by atoms with van der Waals surface area (Å²) in [6.45, 7) is 1.80. The quantitative estimate of drug-likeness (QED) is 0.0478. The number of phenolic OH excluding ortho intramolecular Hbond substituents is 4. The Kier molecular flexibility index (Phi) is 14.8. The number of nitro groups is 4. The second kappa shape index (κ2) is 18.7. The zero-order chi connectivity index (χ0) is 41.9. The Bertz CT molecular complexity index is 2880. The summed E-state index contributed by atoms with van der Waals surface area (Å²) < 4.78 is 34.4. The molecule has 0 aliphatic rings. The fraction of sp³-hybridized carbons (Fsp3) is 0.0303. The van der Waals surface area contributed by atoms with Crippen molar-refractivity contribution < 1.29 is 100 Å². The van der Waals surface area contributed by atoms with Crippen molar-refractivity contribution in [2.45, 2.75) is 11.8 Å². The smallest absolute Gasteiger partial charge is 0.744 e. The molecule has 6 rings (SSSR count). The van der Waals surface area contributed by atoms with E-state index in [0.717, 1.165) is 23.1 Å². The molecule has 0 aromatic heterocycles. The molecule has 0 radical (unpaired) electrons. The molecular formula is C33H21CrN8NaO15S. The van der Waals surface area contributed by atoms with Gasteiger partial charge >= 0.3 is 40.9 Å². The molecule has 0 bridgehead atoms. The van der Waals surface area contributed by atoms with Gasteiger partial charge in [-0.05, 0) is 23.9 Å². The molecule has 0 fully saturated rings. The van der Waals surface area contributed by atoms with E-state index in [1.54, 1.807) is 19.1 Å². The van der Waals surface area contributed by atoms with Gasteiger partial charge in [0, 0.05) is 51.7 Å². The predicted octanol–water partition coefficient (Wildman–Crippen LogP) is 5.18. The van der Waals surface area contributed by atoms with Crippen LogP contribution in [-0.2, 0) is 27.5 Å². The van der Waals surface area contributed by atoms with Crippen molar-refractivity contribution in [2.75, 3.05) is 0 Å². The van der Waals surface area contributed by atoms with Gasteiger partial charge in [0.05, 0.1) is 36.7 Å². The van der Waals surface area contributed by atoms with Crippen molar-refractivity contribution in [3.05, 3.63) is 131 Å². The molecule has 0 aliphatic heterocycles. The summed E-state index contributed by atoms with van der Waals surface area (Å²) in [5, 5.41) is 100. The minimum atomic E-state index is -4.95. The average molecular weight is 877 g/mol. The van der Waals surface area contributed by atoms with Crippen LogP contribution in [0.25, 0.3) is 21.5 Å². The minimum Gasteiger partial charge on any atom is -0.744 e. The number of rotatable bonds is 9. The zero-order valence-electron chi connectivity index (χ0n) is 29.8. The van der Waals surface area contributed by atoms with Crippen LogP contribution in [0.1, 0.15) is 5.56 Å². The summed E-state index contributed by atoms with van der Waals surface area (Å²) in [5.74, 6) is -2.80. The van der Waals surface area contributed by atoms with Gasteiger partial charge in [-0.3, -0.25) is 40.5 Å². The summed E-state index contributed by atoms with van der Waals surface area (Å²) in [5.41, 5.74) is -3.76. The van der Waals surface area contributed by atoms with Crippen molar-refractivity contribution in [3.63, 3.8) is 0 Å². The molecule has 59 heavy (non-hydrogen) atoms. The van der Waals surface area contributed by atoms with Crippen LogP contribution in [-0.4, -0.2) is 53.1 Å². The van der Waals surface area contributed by atoms with Crippen LogP contribution >= 0.6 is 0 Å². The average Bonchev–Trinajstić information content (AvgIpc) is 3.14. The molecule has 0 saturated heterocycles. The Hall–Kier alpha value is -6.72. The van der Waals surface area contributed by atoms with Crippen LogP contribution < -0.4 is 29.6 Å². The van der Waals surface area contributed by atoms with Crippen LogP contribution in [0.3, 0.4) is 0 Å². The maximum Gasteiger partial charge on any atom is 1.00 e. The molecule has 0 atom stereocenters. The van der Waals surface area contributed by atoms with Gasteiger partial charge in [0.1, 0.15) is 44.4 Å². The van der Waals surface area contributed by atoms with Gasteiger partial charge in [-0.25, -0.2) is 8.42 Å². The zero-order valence-corrected chi connectivity index (χ0v) is 33.8. The molecule has 26 heteroatoms. The summed E-state index contributed by atoms with van der Waals surface area (Å²) >= 11 is 0. The largest absolute Gasteiger partial charge is 1.00 e. The molecular weight excluding hydrogens is 855 g/mol. The maximum atomic E-state index is 11.5. The van der Waals surface area contributed by atoms with E-state index in [1.807, 2.05) is 12.1 Å². The molecule has 0 heterocycles. The molecule has 4 N–H and O–H groups in total. The number of phenols is 4. The monoisotopic (exact) mass is 876 g/mol. The molecule has 23 nitrogen and oxygen atoms in total. The van der Waals surface area contributed by atoms with E-state index in [-0.39, 0.29) is 74.8 Å². The van der Waals surface area contributed by atoms with Crippen molar-refractivity contribution in [2.24, 2.45) is 20.5 Å². The summed E-state index contributed by atoms with van der Waals surface area (Å²) in [6.07, 6.45) is 0. The number of nitro benzene ring substituents is 4. The van der Waals surface area contributed by atoms with Crippen molar-refractivity contribution in [1.29, 1.82) is 0 Å². The van der Waals surface area contributed by atoms with Crippen LogP contribution in [0, 0.1) is 47.4 Å². The molecule has 6 aromatic carbocycles. The van der Waals surface area contributed by atoms with E-state index in [0.29, 0.717) is 23.6 Å². The van der Waals surface area contributed by atoms with Gasteiger partial charge in [0.15, 0.2) is 0 Å². The summed E-state index contributed by atoms with van der Waals surface area (Å²) in [6, 6.07) is 17.5. The third-order valence-electron chi connectivity index (χ3n) is 7.87. The molecule has 6 aromatic rings. The van der Waals surface area contributed by atoms with Gasteiger partial charge in [-0.1, -0.05) is 48.5 Å². The van der Waals surface area contributed by atoms with Gasteiger partial charge in [0.25, 0.3) is 11.4 Å². The second-order valence-electron chi connectivity index (χ2n) is 11.4. The van der Waals surface area contributed by atoms with Gasteiger partial charge < -0.3 is 25.0 Å². The van der Waals surface area contributed by atoms with Crippen LogP contribution in [0.15, 0.2) is 110 Å². The number of aryl methyl sites for hydroxylation is 1. The van der Waals surface area contributed by atoms with E-state index < -0.39 is 86.1 Å². The standard InChI is InChI=1S/C17H12N4O6.C16H10N4O9S.Cr.Na/c1-9-6-15(22)16(12-5-3-2-4-11(9)12)19-18-13-7-10(20(24)25)8-14(17(13)23)21(26)27;21-13-7-14(30(27,28)29)9-3-1-2-4-10(9)15(13)18-17-11-5-8(19(23)24)6-12(16(11)22)20(25)26;;/h2-8,22-23H,1H3;1-7,21-22H,(H,27,28,29);;/q;;;+1/p-1. The second-order valence-corrected chi connectivity index (χ2v) is 12.8. The van der Waals surface area contributed by atoms with Crippen molar-refractivity contribution >= 4 is 77.2 Å². The number of non-ortho nitro benzene ring substituents is 2. The van der Waals surface area contributed by atoms with Crippen molar-refractivity contribution in [3.8, 4) is 23.0 Å². The normalized spacial score (nSPS) is 11.1. The third kappa shape index (κ3) is 10.1. The molecule has 0 spiro atoms. The Balaban J connectivity index is 0.000000306. The summed E-state index contributed by atoms with van der Waals surface area (Å²) in [4.78, 5) is 39.5. The molecule has 0 unspecified atom stereocenters. The predicted molar refractivity (Wildman–Crippen MR) is 195 cm³/mol. The first kappa shape index (κ1) is 46.7. The van der Waals surface area contributed by atoms with E-state index in [9.17, 15) is 73.9 Å². The first-order chi connectivity index (χ1) is 26.8. The Labute approximate surface area is 361 Å². The van der Waals surface area contributed by atoms with E-state index in [4.69, 9.17) is 0 Å². The van der Waals surface area contributed by atoms with E-state index in [2.05, 4.69) is 20.5 Å². The number of aromatic hydroxyl groups is 4. The van der Waals surface area contributed by atoms with Crippen LogP contribution in [0.4, 0.5) is 45.5 Å². The Morgan fingerprint density at radius 2 is 0.915 bits per heavy atom. The topological polar surface area (TPSA) is 360 Å². The first-order valence-corrected chi connectivity index (χ1v) is 16.8. The van der Waals surface area contributed by atoms with Crippen LogP contribution in [0.5, 0.6) is 23.0 Å². The minimum absolute atomic E-state index is 0. The van der Waals surface area contributed by atoms with Gasteiger partial charge in [-0.2, -0.15) is 0 Å². The van der Waals surface area contributed by atoms with Crippen molar-refractivity contribution in [1.82, 2.24) is 0 Å². The SMILES string of the molecule is Cc1cc(O)c(N=Nc2cc([N+](=O)[O-])cc([N+](=O)[O-])c2O)c2ccccc12.O=[N+]([O-])c1cc(N=Nc2c(O)cc(S(=O)(=O)[O-])c3ccccc23)c(O)c([N+](=O)[O-])c1.[Cr].[Na+]. The van der Waals surface area contributed by atoms with Gasteiger partial charge in [-0.15, -0.1) is 20.5 Å². The number of benzene rings is 6. The molecule has 0 amide bonds. The number of hydrogen-bond donors (Lipinski definition) is 4. The number of fused-ring (bicyclic) bond motifs is 2. The number of azo groups is 2. The Morgan fingerprint density at radius 3 is 1.31 bits per heavy atom. The molecule has 0 saturated carbocycles. The summed E-state index contributed by atoms with van der Waals surface area (Å²) in [7, 11) is -4.95. The molecule has 0 aliphatic carbocycles. The first-order valence-electron chi connectivity index (χ1n) is 15.4.